The van der Waals surface area contributed by atoms with E-state index < -0.39 is 17.8 Å². The number of nitrogens with zero attached hydrogens (tertiary/aromatic N) is 1. The summed E-state index contributed by atoms with van der Waals surface area (Å²) in [6.45, 7) is -0.0601. The predicted molar refractivity (Wildman–Crippen MR) is 75.9 cm³/mol. The number of carbonyl (C=O) groups is 2. The average Bonchev–Trinajstić information content (AvgIpc) is 2.91. The Hall–Kier alpha value is -1.76. The molecular weight excluding hydrogens is 300 g/mol. The van der Waals surface area contributed by atoms with Gasteiger partial charge in [-0.05, 0) is 18.2 Å². The van der Waals surface area contributed by atoms with Crippen LogP contribution in [0.15, 0.2) is 36.7 Å². The molecule has 0 aliphatic rings. The lowest BCUT2D eigenvalue weighted by atomic mass is 10.1. The Kier molecular flexibility index (Phi) is 4.84. The van der Waals surface area contributed by atoms with Crippen molar-refractivity contribution in [3.8, 4) is 0 Å². The van der Waals surface area contributed by atoms with Crippen LogP contribution >= 0.6 is 22.9 Å². The lowest BCUT2D eigenvalue weighted by Gasteiger charge is -2.10. The number of ketones is 1. The monoisotopic (exact) mass is 310 g/mol. The van der Waals surface area contributed by atoms with Gasteiger partial charge >= 0.3 is 0 Å². The fourth-order valence-corrected chi connectivity index (χ4v) is 2.49. The third kappa shape index (κ3) is 3.63. The minimum Gasteiger partial charge on any atom is -0.387 e. The van der Waals surface area contributed by atoms with E-state index in [-0.39, 0.29) is 11.4 Å². The molecule has 2 rings (SSSR count). The number of rotatable bonds is 5. The Morgan fingerprint density at radius 2 is 2.20 bits per heavy atom. The van der Waals surface area contributed by atoms with Crippen molar-refractivity contribution in [1.29, 1.82) is 0 Å². The smallest absolute Gasteiger partial charge is 0.293 e. The molecule has 20 heavy (non-hydrogen) atoms. The largest absolute Gasteiger partial charge is 0.387 e. The molecular formula is C13H11ClN2O3S. The van der Waals surface area contributed by atoms with Gasteiger partial charge in [-0.2, -0.15) is 0 Å². The second-order valence-electron chi connectivity index (χ2n) is 3.95. The van der Waals surface area contributed by atoms with Crippen molar-refractivity contribution in [3.05, 3.63) is 51.4 Å². The number of aliphatic hydroxyl groups is 1. The van der Waals surface area contributed by atoms with Gasteiger partial charge in [-0.25, -0.2) is 0 Å². The quantitative estimate of drug-likeness (QED) is 0.652. The van der Waals surface area contributed by atoms with Crippen LogP contribution in [-0.4, -0.2) is 28.3 Å². The Bertz CT molecular complexity index is 615. The standard InChI is InChI=1S/C13H11ClN2O3S/c14-11-4-3-10(20-11)12(18)13(19)16-7-9(17)8-2-1-5-15-6-8/h1-6,9,17H,7H2,(H,16,19). The first-order valence-electron chi connectivity index (χ1n) is 5.74. The van der Waals surface area contributed by atoms with Crippen molar-refractivity contribution < 1.29 is 14.7 Å². The molecule has 2 heterocycles. The van der Waals surface area contributed by atoms with Gasteiger partial charge in [0.1, 0.15) is 0 Å². The van der Waals surface area contributed by atoms with Crippen molar-refractivity contribution in [3.63, 3.8) is 0 Å². The van der Waals surface area contributed by atoms with Crippen LogP contribution in [0.1, 0.15) is 21.3 Å². The van der Waals surface area contributed by atoms with Crippen LogP contribution in [0.4, 0.5) is 0 Å². The Morgan fingerprint density at radius 1 is 1.40 bits per heavy atom. The molecule has 2 N–H and O–H groups in total. The van der Waals surface area contributed by atoms with E-state index >= 15 is 0 Å². The number of carbonyl (C=O) groups excluding carboxylic acids is 2. The Morgan fingerprint density at radius 3 is 2.80 bits per heavy atom. The van der Waals surface area contributed by atoms with Gasteiger partial charge < -0.3 is 10.4 Å². The summed E-state index contributed by atoms with van der Waals surface area (Å²) < 4.78 is 0.441. The van der Waals surface area contributed by atoms with E-state index in [2.05, 4.69) is 10.3 Å². The molecule has 0 aromatic carbocycles. The number of nitrogens with one attached hydrogen (secondary N) is 1. The summed E-state index contributed by atoms with van der Waals surface area (Å²) in [6, 6.07) is 6.41. The minimum atomic E-state index is -0.910. The van der Waals surface area contributed by atoms with Gasteiger partial charge in [-0.1, -0.05) is 17.7 Å². The van der Waals surface area contributed by atoms with Crippen molar-refractivity contribution in [1.82, 2.24) is 10.3 Å². The Labute approximate surface area is 124 Å². The third-order valence-electron chi connectivity index (χ3n) is 2.53. The number of hydrogen-bond donors (Lipinski definition) is 2. The number of amides is 1. The van der Waals surface area contributed by atoms with Crippen LogP contribution in [0, 0.1) is 0 Å². The fraction of sp³-hybridized carbons (Fsp3) is 0.154. The van der Waals surface area contributed by atoms with E-state index in [0.717, 1.165) is 11.3 Å². The van der Waals surface area contributed by atoms with Crippen molar-refractivity contribution in [2.75, 3.05) is 6.54 Å². The molecule has 0 saturated heterocycles. The van der Waals surface area contributed by atoms with E-state index in [9.17, 15) is 14.7 Å². The van der Waals surface area contributed by atoms with E-state index in [1.165, 1.54) is 12.3 Å². The second kappa shape index (κ2) is 6.60. The summed E-state index contributed by atoms with van der Waals surface area (Å²) in [5.41, 5.74) is 0.569. The number of aliphatic hydroxyl groups excluding tert-OH is 1. The molecule has 5 nitrogen and oxygen atoms in total. The molecule has 0 bridgehead atoms. The van der Waals surface area contributed by atoms with Crippen molar-refractivity contribution >= 4 is 34.6 Å². The summed E-state index contributed by atoms with van der Waals surface area (Å²) in [5.74, 6) is -1.44. The van der Waals surface area contributed by atoms with Crippen LogP contribution < -0.4 is 5.32 Å². The molecule has 1 amide bonds. The molecule has 0 saturated carbocycles. The average molecular weight is 311 g/mol. The molecule has 2 aromatic rings. The first-order chi connectivity index (χ1) is 9.58. The highest BCUT2D eigenvalue weighted by Crippen LogP contribution is 2.21. The maximum atomic E-state index is 11.8. The second-order valence-corrected chi connectivity index (χ2v) is 5.66. The lowest BCUT2D eigenvalue weighted by Crippen LogP contribution is -2.33. The van der Waals surface area contributed by atoms with Gasteiger partial charge in [0.15, 0.2) is 0 Å². The normalized spacial score (nSPS) is 11.9. The zero-order valence-electron chi connectivity index (χ0n) is 10.2. The first-order valence-corrected chi connectivity index (χ1v) is 6.93. The molecule has 1 unspecified atom stereocenters. The summed E-state index contributed by atoms with van der Waals surface area (Å²) in [6.07, 6.45) is 2.17. The number of halogens is 1. The highest BCUT2D eigenvalue weighted by molar-refractivity contribution is 7.18. The van der Waals surface area contributed by atoms with Crippen LogP contribution in [0.3, 0.4) is 0 Å². The summed E-state index contributed by atoms with van der Waals surface area (Å²) in [4.78, 5) is 27.6. The van der Waals surface area contributed by atoms with E-state index in [1.807, 2.05) is 0 Å². The predicted octanol–water partition coefficient (Wildman–Crippen LogP) is 1.83. The van der Waals surface area contributed by atoms with Crippen LogP contribution in [0.2, 0.25) is 4.34 Å². The maximum Gasteiger partial charge on any atom is 0.293 e. The Balaban J connectivity index is 1.91. The molecule has 7 heteroatoms. The highest BCUT2D eigenvalue weighted by atomic mass is 35.5. The zero-order valence-corrected chi connectivity index (χ0v) is 11.8. The van der Waals surface area contributed by atoms with Gasteiger partial charge in [0.25, 0.3) is 11.7 Å². The number of Topliss-reactive ketones (excluding diaryl/α,β-unsaturated/α-hetero) is 1. The van der Waals surface area contributed by atoms with Gasteiger partial charge in [-0.15, -0.1) is 11.3 Å². The van der Waals surface area contributed by atoms with Crippen LogP contribution in [0.25, 0.3) is 0 Å². The molecule has 0 aliphatic heterocycles. The molecule has 0 fully saturated rings. The first kappa shape index (κ1) is 14.6. The van der Waals surface area contributed by atoms with Crippen LogP contribution in [0.5, 0.6) is 0 Å². The third-order valence-corrected chi connectivity index (χ3v) is 3.76. The van der Waals surface area contributed by atoms with Gasteiger partial charge in [-0.3, -0.25) is 14.6 Å². The van der Waals surface area contributed by atoms with Gasteiger partial charge in [0.05, 0.1) is 15.3 Å². The van der Waals surface area contributed by atoms with E-state index in [0.29, 0.717) is 9.90 Å². The van der Waals surface area contributed by atoms with Crippen molar-refractivity contribution in [2.45, 2.75) is 6.10 Å². The van der Waals surface area contributed by atoms with Crippen molar-refractivity contribution in [2.24, 2.45) is 0 Å². The summed E-state index contributed by atoms with van der Waals surface area (Å²) in [7, 11) is 0. The van der Waals surface area contributed by atoms with E-state index in [1.54, 1.807) is 24.4 Å². The summed E-state index contributed by atoms with van der Waals surface area (Å²) in [5, 5.41) is 12.2. The number of aromatic nitrogens is 1. The molecule has 2 aromatic heterocycles. The number of pyridine rings is 1. The highest BCUT2D eigenvalue weighted by Gasteiger charge is 2.19. The zero-order chi connectivity index (χ0) is 14.5. The van der Waals surface area contributed by atoms with Gasteiger partial charge in [0.2, 0.25) is 0 Å². The minimum absolute atomic E-state index is 0.0601. The number of hydrogen-bond acceptors (Lipinski definition) is 5. The molecule has 0 radical (unpaired) electrons. The van der Waals surface area contributed by atoms with Gasteiger partial charge in [0, 0.05) is 24.5 Å². The molecule has 1 atom stereocenters. The molecule has 104 valence electrons. The lowest BCUT2D eigenvalue weighted by molar-refractivity contribution is -0.117. The topological polar surface area (TPSA) is 79.3 Å². The number of thiophene rings is 1. The molecule has 0 aliphatic carbocycles. The van der Waals surface area contributed by atoms with Crippen LogP contribution in [-0.2, 0) is 4.79 Å². The summed E-state index contributed by atoms with van der Waals surface area (Å²) >= 11 is 6.74. The molecule has 0 spiro atoms. The fourth-order valence-electron chi connectivity index (χ4n) is 1.51. The maximum absolute atomic E-state index is 11.8. The SMILES string of the molecule is O=C(NCC(O)c1cccnc1)C(=O)c1ccc(Cl)s1. The van der Waals surface area contributed by atoms with E-state index in [4.69, 9.17) is 11.6 Å².